The Balaban J connectivity index is 1.44. The molecule has 4 rings (SSSR count). The number of rotatable bonds is 4. The van der Waals surface area contributed by atoms with Gasteiger partial charge < -0.3 is 14.7 Å². The van der Waals surface area contributed by atoms with E-state index in [9.17, 15) is 29.1 Å². The van der Waals surface area contributed by atoms with Crippen molar-refractivity contribution in [3.05, 3.63) is 29.3 Å². The van der Waals surface area contributed by atoms with Crippen molar-refractivity contribution in [1.82, 2.24) is 10.2 Å². The first-order chi connectivity index (χ1) is 15.9. The number of anilines is 1. The summed E-state index contributed by atoms with van der Waals surface area (Å²) in [6.45, 7) is 6.24. The summed E-state index contributed by atoms with van der Waals surface area (Å²) in [6.07, 6.45) is 0.772. The number of esters is 1. The highest BCUT2D eigenvalue weighted by Gasteiger charge is 2.45. The van der Waals surface area contributed by atoms with Gasteiger partial charge in [0.1, 0.15) is 11.6 Å². The SMILES string of the molecule is CC(C)(C)OC(=O)CC1(O)CCN(c2ccc3c(c2)C(=O)N(C2CCC(=O)NC2=O)C3=O)CC1. The van der Waals surface area contributed by atoms with E-state index < -0.39 is 46.8 Å². The fourth-order valence-corrected chi connectivity index (χ4v) is 4.66. The third-order valence-electron chi connectivity index (χ3n) is 6.38. The van der Waals surface area contributed by atoms with Crippen LogP contribution in [-0.4, -0.2) is 69.9 Å². The zero-order chi connectivity index (χ0) is 24.8. The second kappa shape index (κ2) is 8.50. The monoisotopic (exact) mass is 471 g/mol. The number of aliphatic hydroxyl groups is 1. The van der Waals surface area contributed by atoms with E-state index in [-0.39, 0.29) is 30.4 Å². The van der Waals surface area contributed by atoms with Crippen LogP contribution in [0.25, 0.3) is 0 Å². The molecule has 0 saturated carbocycles. The molecule has 2 saturated heterocycles. The standard InChI is InChI=1S/C24H29N3O7/c1-23(2,3)34-19(29)13-24(33)8-10-26(11-9-24)14-4-5-15-16(12-14)22(32)27(21(15)31)17-6-7-18(28)25-20(17)30/h4-5,12,17,33H,6-11,13H2,1-3H3,(H,25,28,30). The largest absolute Gasteiger partial charge is 0.460 e. The van der Waals surface area contributed by atoms with Crippen LogP contribution in [0.4, 0.5) is 5.69 Å². The minimum absolute atomic E-state index is 0.0645. The van der Waals surface area contributed by atoms with Gasteiger partial charge in [0.15, 0.2) is 0 Å². The molecular formula is C24H29N3O7. The Hall–Kier alpha value is -3.27. The van der Waals surface area contributed by atoms with Gasteiger partial charge >= 0.3 is 5.97 Å². The third kappa shape index (κ3) is 4.68. The molecule has 182 valence electrons. The lowest BCUT2D eigenvalue weighted by Gasteiger charge is -2.39. The van der Waals surface area contributed by atoms with E-state index in [2.05, 4.69) is 5.32 Å². The first kappa shape index (κ1) is 23.9. The van der Waals surface area contributed by atoms with Crippen molar-refractivity contribution in [2.24, 2.45) is 0 Å². The maximum absolute atomic E-state index is 13.0. The van der Waals surface area contributed by atoms with Crippen LogP contribution in [0, 0.1) is 0 Å². The van der Waals surface area contributed by atoms with Crippen molar-refractivity contribution in [3.8, 4) is 0 Å². The number of ether oxygens (including phenoxy) is 1. The molecule has 2 N–H and O–H groups in total. The van der Waals surface area contributed by atoms with Gasteiger partial charge in [0.05, 0.1) is 23.1 Å². The van der Waals surface area contributed by atoms with Gasteiger partial charge in [-0.15, -0.1) is 0 Å². The van der Waals surface area contributed by atoms with Crippen LogP contribution in [0.3, 0.4) is 0 Å². The van der Waals surface area contributed by atoms with Crippen molar-refractivity contribution in [1.29, 1.82) is 0 Å². The van der Waals surface area contributed by atoms with E-state index in [0.717, 1.165) is 4.90 Å². The van der Waals surface area contributed by atoms with Crippen LogP contribution >= 0.6 is 0 Å². The zero-order valence-electron chi connectivity index (χ0n) is 19.6. The van der Waals surface area contributed by atoms with Crippen molar-refractivity contribution in [3.63, 3.8) is 0 Å². The molecular weight excluding hydrogens is 442 g/mol. The van der Waals surface area contributed by atoms with Crippen LogP contribution in [0.1, 0.15) is 73.6 Å². The Morgan fingerprint density at radius 1 is 1.12 bits per heavy atom. The molecule has 0 aliphatic carbocycles. The van der Waals surface area contributed by atoms with E-state index in [1.165, 1.54) is 0 Å². The highest BCUT2D eigenvalue weighted by Crippen LogP contribution is 2.34. The number of nitrogens with zero attached hydrogens (tertiary/aromatic N) is 2. The quantitative estimate of drug-likeness (QED) is 0.494. The number of piperidine rings is 2. The molecule has 3 heterocycles. The molecule has 0 bridgehead atoms. The van der Waals surface area contributed by atoms with Crippen LogP contribution in [0.5, 0.6) is 0 Å². The van der Waals surface area contributed by atoms with Gasteiger partial charge in [0.2, 0.25) is 11.8 Å². The smallest absolute Gasteiger partial charge is 0.309 e. The lowest BCUT2D eigenvalue weighted by molar-refractivity contribution is -0.161. The molecule has 1 aromatic carbocycles. The molecule has 1 unspecified atom stereocenters. The minimum Gasteiger partial charge on any atom is -0.460 e. The Labute approximate surface area is 197 Å². The maximum atomic E-state index is 13.0. The molecule has 1 atom stereocenters. The van der Waals surface area contributed by atoms with Crippen molar-refractivity contribution >= 4 is 35.3 Å². The second-order valence-corrected chi connectivity index (χ2v) is 10.2. The Bertz CT molecular complexity index is 1070. The number of benzene rings is 1. The third-order valence-corrected chi connectivity index (χ3v) is 6.38. The molecule has 3 aliphatic heterocycles. The van der Waals surface area contributed by atoms with Crippen molar-refractivity contribution in [2.45, 2.75) is 70.1 Å². The van der Waals surface area contributed by atoms with Crippen molar-refractivity contribution in [2.75, 3.05) is 18.0 Å². The summed E-state index contributed by atoms with van der Waals surface area (Å²) in [4.78, 5) is 64.6. The summed E-state index contributed by atoms with van der Waals surface area (Å²) in [5, 5.41) is 13.0. The molecule has 2 fully saturated rings. The summed E-state index contributed by atoms with van der Waals surface area (Å²) in [5.41, 5.74) is -0.642. The summed E-state index contributed by atoms with van der Waals surface area (Å²) in [6, 6.07) is 3.92. The number of hydrogen-bond acceptors (Lipinski definition) is 8. The number of fused-ring (bicyclic) bond motifs is 1. The molecule has 4 amide bonds. The first-order valence-electron chi connectivity index (χ1n) is 11.4. The van der Waals surface area contributed by atoms with Crippen LogP contribution < -0.4 is 10.2 Å². The summed E-state index contributed by atoms with van der Waals surface area (Å²) in [7, 11) is 0. The van der Waals surface area contributed by atoms with E-state index in [0.29, 0.717) is 31.6 Å². The number of hydrogen-bond donors (Lipinski definition) is 2. The summed E-state index contributed by atoms with van der Waals surface area (Å²) < 4.78 is 5.33. The highest BCUT2D eigenvalue weighted by molar-refractivity contribution is 6.23. The first-order valence-corrected chi connectivity index (χ1v) is 11.4. The molecule has 10 nitrogen and oxygen atoms in total. The topological polar surface area (TPSA) is 133 Å². The molecule has 0 spiro atoms. The lowest BCUT2D eigenvalue weighted by atomic mass is 9.88. The fourth-order valence-electron chi connectivity index (χ4n) is 4.66. The number of nitrogens with one attached hydrogen (secondary N) is 1. The summed E-state index contributed by atoms with van der Waals surface area (Å²) in [5.74, 6) is -2.62. The molecule has 0 radical (unpaired) electrons. The number of imide groups is 2. The maximum Gasteiger partial charge on any atom is 0.309 e. The van der Waals surface area contributed by atoms with E-state index in [1.54, 1.807) is 39.0 Å². The predicted molar refractivity (Wildman–Crippen MR) is 120 cm³/mol. The van der Waals surface area contributed by atoms with Crippen molar-refractivity contribution < 1.29 is 33.8 Å². The highest BCUT2D eigenvalue weighted by atomic mass is 16.6. The fraction of sp³-hybridized carbons (Fsp3) is 0.542. The van der Waals surface area contributed by atoms with Gasteiger partial charge in [-0.1, -0.05) is 0 Å². The van der Waals surface area contributed by atoms with Crippen LogP contribution in [0.2, 0.25) is 0 Å². The number of carbonyl (C=O) groups is 5. The van der Waals surface area contributed by atoms with Gasteiger partial charge in [-0.2, -0.15) is 0 Å². The second-order valence-electron chi connectivity index (χ2n) is 10.2. The lowest BCUT2D eigenvalue weighted by Crippen LogP contribution is -2.54. The Morgan fingerprint density at radius 3 is 2.38 bits per heavy atom. The number of amides is 4. The minimum atomic E-state index is -1.16. The van der Waals surface area contributed by atoms with Crippen LogP contribution in [-0.2, 0) is 19.1 Å². The summed E-state index contributed by atoms with van der Waals surface area (Å²) >= 11 is 0. The predicted octanol–water partition coefficient (Wildman–Crippen LogP) is 1.15. The normalized spacial score (nSPS) is 22.5. The van der Waals surface area contributed by atoms with E-state index in [1.807, 2.05) is 4.90 Å². The van der Waals surface area contributed by atoms with Crippen LogP contribution in [0.15, 0.2) is 18.2 Å². The number of carbonyl (C=O) groups excluding carboxylic acids is 5. The molecule has 3 aliphatic rings. The average Bonchev–Trinajstić information content (AvgIpc) is 2.97. The molecule has 1 aromatic rings. The van der Waals surface area contributed by atoms with Gasteiger partial charge in [-0.3, -0.25) is 34.2 Å². The van der Waals surface area contributed by atoms with E-state index in [4.69, 9.17) is 4.74 Å². The van der Waals surface area contributed by atoms with Gasteiger partial charge in [-0.25, -0.2) is 0 Å². The Morgan fingerprint density at radius 2 is 1.76 bits per heavy atom. The van der Waals surface area contributed by atoms with Gasteiger partial charge in [0, 0.05) is 25.2 Å². The molecule has 0 aromatic heterocycles. The van der Waals surface area contributed by atoms with Gasteiger partial charge in [0.25, 0.3) is 11.8 Å². The Kier molecular flexibility index (Phi) is 5.97. The van der Waals surface area contributed by atoms with E-state index >= 15 is 0 Å². The zero-order valence-corrected chi connectivity index (χ0v) is 19.6. The van der Waals surface area contributed by atoms with Gasteiger partial charge in [-0.05, 0) is 58.2 Å². The molecule has 10 heteroatoms. The average molecular weight is 472 g/mol. The molecule has 34 heavy (non-hydrogen) atoms.